The van der Waals surface area contributed by atoms with Crippen molar-refractivity contribution in [2.24, 2.45) is 5.92 Å². The number of thioether (sulfide) groups is 1. The maximum absolute atomic E-state index is 13.3. The van der Waals surface area contributed by atoms with E-state index < -0.39 is 0 Å². The molecule has 0 aliphatic heterocycles. The number of nitriles is 1. The molecule has 0 unspecified atom stereocenters. The summed E-state index contributed by atoms with van der Waals surface area (Å²) in [6, 6.07) is 15.8. The van der Waals surface area contributed by atoms with Gasteiger partial charge in [-0.1, -0.05) is 37.7 Å². The molecule has 0 fully saturated rings. The van der Waals surface area contributed by atoms with Gasteiger partial charge in [-0.05, 0) is 42.3 Å². The predicted octanol–water partition coefficient (Wildman–Crippen LogP) is 4.87. The monoisotopic (exact) mass is 410 g/mol. The van der Waals surface area contributed by atoms with Crippen molar-refractivity contribution in [1.29, 1.82) is 5.26 Å². The molecule has 3 rings (SSSR count). The van der Waals surface area contributed by atoms with Crippen molar-refractivity contribution in [3.8, 4) is 6.07 Å². The molecule has 1 aromatic heterocycles. The van der Waals surface area contributed by atoms with E-state index in [4.69, 9.17) is 10.2 Å². The fraction of sp³-hybridized carbons (Fsp3) is 0.318. The van der Waals surface area contributed by atoms with Gasteiger partial charge in [-0.2, -0.15) is 5.26 Å². The molecule has 2 aromatic carbocycles. The lowest BCUT2D eigenvalue weighted by Gasteiger charge is -2.21. The van der Waals surface area contributed by atoms with E-state index in [9.17, 15) is 9.18 Å². The third-order valence-corrected chi connectivity index (χ3v) is 5.34. The zero-order valence-electron chi connectivity index (χ0n) is 16.5. The number of amides is 1. The molecule has 3 aromatic rings. The van der Waals surface area contributed by atoms with Gasteiger partial charge in [0.1, 0.15) is 5.82 Å². The molecule has 0 saturated carbocycles. The van der Waals surface area contributed by atoms with Crippen molar-refractivity contribution in [3.63, 3.8) is 0 Å². The second kappa shape index (κ2) is 9.57. The minimum absolute atomic E-state index is 0.139. The van der Waals surface area contributed by atoms with Crippen LogP contribution in [-0.4, -0.2) is 27.8 Å². The van der Waals surface area contributed by atoms with E-state index in [0.717, 1.165) is 22.7 Å². The highest BCUT2D eigenvalue weighted by Crippen LogP contribution is 2.26. The zero-order valence-corrected chi connectivity index (χ0v) is 17.3. The molecule has 0 spiro atoms. The first-order valence-corrected chi connectivity index (χ1v) is 10.5. The van der Waals surface area contributed by atoms with Gasteiger partial charge in [0.2, 0.25) is 5.91 Å². The van der Waals surface area contributed by atoms with Crippen LogP contribution in [0.5, 0.6) is 0 Å². The number of nitrogens with zero attached hydrogens (tertiary/aromatic N) is 4. The van der Waals surface area contributed by atoms with Crippen molar-refractivity contribution in [2.75, 3.05) is 17.2 Å². The van der Waals surface area contributed by atoms with Crippen molar-refractivity contribution < 1.29 is 9.18 Å². The summed E-state index contributed by atoms with van der Waals surface area (Å²) in [5.41, 5.74) is 2.54. The molecular weight excluding hydrogens is 387 g/mol. The third kappa shape index (κ3) is 5.15. The summed E-state index contributed by atoms with van der Waals surface area (Å²) < 4.78 is 15.4. The Kier molecular flexibility index (Phi) is 6.89. The molecule has 0 aliphatic carbocycles. The lowest BCUT2D eigenvalue weighted by atomic mass is 10.2. The Hall–Kier alpha value is -2.85. The summed E-state index contributed by atoms with van der Waals surface area (Å²) in [6.45, 7) is 5.37. The van der Waals surface area contributed by atoms with Crippen LogP contribution in [0.4, 0.5) is 10.1 Å². The Morgan fingerprint density at radius 1 is 1.24 bits per heavy atom. The number of para-hydroxylation sites is 2. The number of hydrogen-bond acceptors (Lipinski definition) is 4. The highest BCUT2D eigenvalue weighted by molar-refractivity contribution is 7.99. The first-order chi connectivity index (χ1) is 14.0. The van der Waals surface area contributed by atoms with E-state index in [-0.39, 0.29) is 30.4 Å². The standard InChI is InChI=1S/C22H23FN4OS/c1-16(2)14-27-20-7-4-3-6-19(20)25-22(27)29-15-21(28)26(13-5-12-24)18-10-8-17(23)9-11-18/h3-4,6-11,16H,5,13-15H2,1-2H3. The summed E-state index contributed by atoms with van der Waals surface area (Å²) in [7, 11) is 0. The average Bonchev–Trinajstić information content (AvgIpc) is 3.05. The fourth-order valence-electron chi connectivity index (χ4n) is 3.09. The molecule has 1 heterocycles. The molecule has 0 aliphatic rings. The normalized spacial score (nSPS) is 11.0. The van der Waals surface area contributed by atoms with E-state index in [2.05, 4.69) is 24.5 Å². The SMILES string of the molecule is CC(C)Cn1c(SCC(=O)N(CCC#N)c2ccc(F)cc2)nc2ccccc21. The smallest absolute Gasteiger partial charge is 0.237 e. The Morgan fingerprint density at radius 2 is 1.97 bits per heavy atom. The molecule has 0 saturated heterocycles. The maximum Gasteiger partial charge on any atom is 0.237 e. The summed E-state index contributed by atoms with van der Waals surface area (Å²) >= 11 is 1.39. The van der Waals surface area contributed by atoms with Gasteiger partial charge < -0.3 is 9.47 Å². The number of halogens is 1. The molecule has 0 bridgehead atoms. The quantitative estimate of drug-likeness (QED) is 0.497. The Balaban J connectivity index is 1.80. The number of hydrogen-bond donors (Lipinski definition) is 0. The van der Waals surface area contributed by atoms with Gasteiger partial charge in [0, 0.05) is 18.8 Å². The van der Waals surface area contributed by atoms with Crippen LogP contribution in [0, 0.1) is 23.1 Å². The number of carbonyl (C=O) groups is 1. The van der Waals surface area contributed by atoms with Gasteiger partial charge in [-0.15, -0.1) is 0 Å². The van der Waals surface area contributed by atoms with Gasteiger partial charge in [-0.25, -0.2) is 9.37 Å². The van der Waals surface area contributed by atoms with E-state index in [1.165, 1.54) is 28.8 Å². The van der Waals surface area contributed by atoms with Gasteiger partial charge >= 0.3 is 0 Å². The molecular formula is C22H23FN4OS. The summed E-state index contributed by atoms with van der Waals surface area (Å²) in [5.74, 6) is 0.122. The molecule has 150 valence electrons. The number of fused-ring (bicyclic) bond motifs is 1. The molecule has 29 heavy (non-hydrogen) atoms. The van der Waals surface area contributed by atoms with Crippen LogP contribution < -0.4 is 4.90 Å². The summed E-state index contributed by atoms with van der Waals surface area (Å²) in [6.07, 6.45) is 0.208. The van der Waals surface area contributed by atoms with Crippen LogP contribution in [0.3, 0.4) is 0 Å². The summed E-state index contributed by atoms with van der Waals surface area (Å²) in [5, 5.41) is 9.73. The summed E-state index contributed by atoms with van der Waals surface area (Å²) in [4.78, 5) is 19.2. The first-order valence-electron chi connectivity index (χ1n) is 9.50. The average molecular weight is 411 g/mol. The maximum atomic E-state index is 13.3. The molecule has 0 radical (unpaired) electrons. The molecule has 5 nitrogen and oxygen atoms in total. The van der Waals surface area contributed by atoms with E-state index >= 15 is 0 Å². The van der Waals surface area contributed by atoms with Crippen LogP contribution >= 0.6 is 11.8 Å². The van der Waals surface area contributed by atoms with Crippen molar-refractivity contribution in [2.45, 2.75) is 32.0 Å². The molecule has 7 heteroatoms. The highest BCUT2D eigenvalue weighted by Gasteiger charge is 2.19. The lowest BCUT2D eigenvalue weighted by molar-refractivity contribution is -0.116. The number of carbonyl (C=O) groups excluding carboxylic acids is 1. The Labute approximate surface area is 174 Å². The van der Waals surface area contributed by atoms with Crippen LogP contribution in [0.1, 0.15) is 20.3 Å². The van der Waals surface area contributed by atoms with E-state index in [0.29, 0.717) is 11.6 Å². The second-order valence-electron chi connectivity index (χ2n) is 7.11. The molecule has 0 N–H and O–H groups in total. The van der Waals surface area contributed by atoms with Gasteiger partial charge in [0.05, 0.1) is 29.3 Å². The fourth-order valence-corrected chi connectivity index (χ4v) is 3.99. The predicted molar refractivity (Wildman–Crippen MR) is 114 cm³/mol. The third-order valence-electron chi connectivity index (χ3n) is 4.38. The van der Waals surface area contributed by atoms with Crippen molar-refractivity contribution >= 4 is 34.4 Å². The van der Waals surface area contributed by atoms with Crippen LogP contribution in [0.2, 0.25) is 0 Å². The number of aromatic nitrogens is 2. The molecule has 0 atom stereocenters. The van der Waals surface area contributed by atoms with Crippen LogP contribution in [0.15, 0.2) is 53.7 Å². The van der Waals surface area contributed by atoms with Crippen LogP contribution in [-0.2, 0) is 11.3 Å². The van der Waals surface area contributed by atoms with Gasteiger partial charge in [0.25, 0.3) is 0 Å². The van der Waals surface area contributed by atoms with E-state index in [1.54, 1.807) is 12.1 Å². The van der Waals surface area contributed by atoms with Crippen molar-refractivity contribution in [1.82, 2.24) is 9.55 Å². The van der Waals surface area contributed by atoms with Crippen molar-refractivity contribution in [3.05, 3.63) is 54.3 Å². The van der Waals surface area contributed by atoms with Crippen LogP contribution in [0.25, 0.3) is 11.0 Å². The number of imidazole rings is 1. The molecule has 1 amide bonds. The Morgan fingerprint density at radius 3 is 2.66 bits per heavy atom. The van der Waals surface area contributed by atoms with Gasteiger partial charge in [-0.3, -0.25) is 4.79 Å². The minimum atomic E-state index is -0.363. The zero-order chi connectivity index (χ0) is 20.8. The largest absolute Gasteiger partial charge is 0.319 e. The van der Waals surface area contributed by atoms with E-state index in [1.807, 2.05) is 24.3 Å². The minimum Gasteiger partial charge on any atom is -0.319 e. The number of benzene rings is 2. The lowest BCUT2D eigenvalue weighted by Crippen LogP contribution is -2.33. The number of anilines is 1. The second-order valence-corrected chi connectivity index (χ2v) is 8.05. The highest BCUT2D eigenvalue weighted by atomic mass is 32.2. The Bertz CT molecular complexity index is 1020. The first kappa shape index (κ1) is 20.9. The van der Waals surface area contributed by atoms with Gasteiger partial charge in [0.15, 0.2) is 5.16 Å². The topological polar surface area (TPSA) is 61.9 Å². The number of rotatable bonds is 8.